The molecule has 1 aromatic carbocycles. The molecule has 0 saturated carbocycles. The summed E-state index contributed by atoms with van der Waals surface area (Å²) in [4.78, 5) is 19.4. The number of allylic oxidation sites excluding steroid dienone is 1. The fourth-order valence-corrected chi connectivity index (χ4v) is 2.30. The van der Waals surface area contributed by atoms with E-state index in [4.69, 9.17) is 0 Å². The van der Waals surface area contributed by atoms with Gasteiger partial charge >= 0.3 is 5.97 Å². The topological polar surface area (TPSA) is 90.7 Å². The van der Waals surface area contributed by atoms with E-state index >= 15 is 0 Å². The fraction of sp³-hybridized carbons (Fsp3) is 0.111. The lowest BCUT2D eigenvalue weighted by Crippen LogP contribution is -2.05. The zero-order chi connectivity index (χ0) is 17.5. The Hall–Kier alpha value is -3.46. The molecule has 0 fully saturated rings. The van der Waals surface area contributed by atoms with Gasteiger partial charge < -0.3 is 9.67 Å². The average Bonchev–Trinajstić information content (AvgIpc) is 2.92. The zero-order valence-electron chi connectivity index (χ0n) is 13.3. The van der Waals surface area contributed by atoms with Crippen LogP contribution in [0, 0.1) is 11.3 Å². The summed E-state index contributed by atoms with van der Waals surface area (Å²) < 4.78 is 1.45. The highest BCUT2D eigenvalue weighted by Crippen LogP contribution is 2.29. The summed E-state index contributed by atoms with van der Waals surface area (Å²) in [6, 6.07) is 9.24. The van der Waals surface area contributed by atoms with Gasteiger partial charge in [-0.2, -0.15) is 5.26 Å². The highest BCUT2D eigenvalue weighted by Gasteiger charge is 2.20. The van der Waals surface area contributed by atoms with Gasteiger partial charge in [-0.05, 0) is 17.2 Å². The first-order valence-electron chi connectivity index (χ1n) is 7.12. The summed E-state index contributed by atoms with van der Waals surface area (Å²) in [7, 11) is 3.29. The van der Waals surface area contributed by atoms with Gasteiger partial charge in [0.15, 0.2) is 0 Å². The number of carboxylic acids is 1. The molecule has 0 aliphatic carbocycles. The minimum absolute atomic E-state index is 0.0924. The third-order valence-electron chi connectivity index (χ3n) is 3.33. The van der Waals surface area contributed by atoms with Crippen molar-refractivity contribution >= 4 is 18.4 Å². The molecule has 0 aliphatic heterocycles. The minimum Gasteiger partial charge on any atom is -0.477 e. The molecule has 6 heteroatoms. The van der Waals surface area contributed by atoms with Crippen LogP contribution in [0.15, 0.2) is 52.7 Å². The number of rotatable bonds is 5. The van der Waals surface area contributed by atoms with Gasteiger partial charge in [-0.15, -0.1) is 0 Å². The maximum atomic E-state index is 11.5. The molecule has 2 aromatic rings. The van der Waals surface area contributed by atoms with Crippen LogP contribution in [0.4, 0.5) is 0 Å². The van der Waals surface area contributed by atoms with E-state index < -0.39 is 5.97 Å². The van der Waals surface area contributed by atoms with E-state index in [1.54, 1.807) is 50.9 Å². The van der Waals surface area contributed by atoms with Crippen LogP contribution in [0.1, 0.15) is 21.6 Å². The monoisotopic (exact) mass is 320 g/mol. The molecule has 0 bridgehead atoms. The smallest absolute Gasteiger partial charge is 0.353 e. The number of aliphatic imine (C=N–C) groups is 2. The second kappa shape index (κ2) is 7.70. The maximum Gasteiger partial charge on any atom is 0.353 e. The van der Waals surface area contributed by atoms with Crippen molar-refractivity contribution in [1.29, 1.82) is 5.26 Å². The normalized spacial score (nSPS) is 11.5. The van der Waals surface area contributed by atoms with Gasteiger partial charge in [-0.25, -0.2) is 4.79 Å². The first kappa shape index (κ1) is 16.9. The molecule has 1 heterocycles. The van der Waals surface area contributed by atoms with Crippen molar-refractivity contribution < 1.29 is 9.90 Å². The Labute approximate surface area is 139 Å². The van der Waals surface area contributed by atoms with E-state index in [9.17, 15) is 15.2 Å². The molecule has 0 saturated heterocycles. The van der Waals surface area contributed by atoms with E-state index in [0.717, 1.165) is 5.56 Å². The second-order valence-electron chi connectivity index (χ2n) is 4.94. The highest BCUT2D eigenvalue weighted by molar-refractivity contribution is 5.97. The van der Waals surface area contributed by atoms with Crippen molar-refractivity contribution in [2.24, 2.45) is 17.0 Å². The molecule has 1 N–H and O–H groups in total. The number of carbonyl (C=O) groups is 1. The number of aryl methyl sites for hydroxylation is 1. The van der Waals surface area contributed by atoms with Crippen LogP contribution in [0.25, 0.3) is 11.1 Å². The van der Waals surface area contributed by atoms with Crippen molar-refractivity contribution in [1.82, 2.24) is 4.57 Å². The molecule has 0 unspecified atom stereocenters. The van der Waals surface area contributed by atoms with Gasteiger partial charge in [0, 0.05) is 44.5 Å². The summed E-state index contributed by atoms with van der Waals surface area (Å²) in [5.41, 5.74) is 2.39. The standard InChI is InChI=1S/C18H16N4O2/c1-20-8-3-9-21-11-13-4-6-14(7-5-13)16-15(10-19)12-22(2)17(16)18(23)24/h3-9,11-12H,1-2H3,(H,23,24)/b9-3-,20-8?,21-11?. The summed E-state index contributed by atoms with van der Waals surface area (Å²) >= 11 is 0. The Morgan fingerprint density at radius 1 is 1.33 bits per heavy atom. The zero-order valence-corrected chi connectivity index (χ0v) is 13.3. The second-order valence-corrected chi connectivity index (χ2v) is 4.94. The average molecular weight is 320 g/mol. The molecule has 0 atom stereocenters. The van der Waals surface area contributed by atoms with Gasteiger partial charge in [0.2, 0.25) is 0 Å². The highest BCUT2D eigenvalue weighted by atomic mass is 16.4. The Morgan fingerprint density at radius 2 is 2.04 bits per heavy atom. The van der Waals surface area contributed by atoms with Crippen LogP contribution in [0.5, 0.6) is 0 Å². The van der Waals surface area contributed by atoms with Crippen LogP contribution < -0.4 is 0 Å². The number of nitriles is 1. The van der Waals surface area contributed by atoms with Gasteiger partial charge in [-0.3, -0.25) is 9.98 Å². The number of aromatic nitrogens is 1. The van der Waals surface area contributed by atoms with E-state index in [1.807, 2.05) is 18.2 Å². The van der Waals surface area contributed by atoms with Gasteiger partial charge in [0.25, 0.3) is 0 Å². The van der Waals surface area contributed by atoms with Crippen molar-refractivity contribution in [3.63, 3.8) is 0 Å². The molecule has 0 amide bonds. The lowest BCUT2D eigenvalue weighted by atomic mass is 10.0. The summed E-state index contributed by atoms with van der Waals surface area (Å²) in [5.74, 6) is -1.07. The van der Waals surface area contributed by atoms with Crippen LogP contribution in [0.3, 0.4) is 0 Å². The van der Waals surface area contributed by atoms with Gasteiger partial charge in [-0.1, -0.05) is 24.3 Å². The molecule has 6 nitrogen and oxygen atoms in total. The first-order valence-corrected chi connectivity index (χ1v) is 7.12. The lowest BCUT2D eigenvalue weighted by molar-refractivity contribution is 0.0687. The molecule has 24 heavy (non-hydrogen) atoms. The van der Waals surface area contributed by atoms with E-state index in [-0.39, 0.29) is 5.69 Å². The third-order valence-corrected chi connectivity index (χ3v) is 3.33. The molecular weight excluding hydrogens is 304 g/mol. The predicted octanol–water partition coefficient (Wildman–Crippen LogP) is 2.90. The number of hydrogen-bond acceptors (Lipinski definition) is 4. The molecule has 2 rings (SSSR count). The van der Waals surface area contributed by atoms with Crippen LogP contribution >= 0.6 is 0 Å². The SMILES string of the molecule is CN=C/C=C\N=Cc1ccc(-c2c(C#N)cn(C)c2C(=O)O)cc1. The largest absolute Gasteiger partial charge is 0.477 e. The third kappa shape index (κ3) is 3.65. The number of aromatic carboxylic acids is 1. The van der Waals surface area contributed by atoms with Crippen LogP contribution in [0.2, 0.25) is 0 Å². The summed E-state index contributed by atoms with van der Waals surface area (Å²) in [5, 5.41) is 18.6. The van der Waals surface area contributed by atoms with Gasteiger partial charge in [0.05, 0.1) is 5.56 Å². The molecule has 0 aliphatic rings. The quantitative estimate of drug-likeness (QED) is 0.859. The number of nitrogens with zero attached hydrogens (tertiary/aromatic N) is 4. The Balaban J connectivity index is 2.35. The van der Waals surface area contributed by atoms with Crippen molar-refractivity contribution in [2.75, 3.05) is 7.05 Å². The van der Waals surface area contributed by atoms with E-state index in [0.29, 0.717) is 16.7 Å². The predicted molar refractivity (Wildman–Crippen MR) is 93.7 cm³/mol. The van der Waals surface area contributed by atoms with Crippen molar-refractivity contribution in [2.45, 2.75) is 0 Å². The van der Waals surface area contributed by atoms with Crippen LogP contribution in [-0.4, -0.2) is 35.1 Å². The maximum absolute atomic E-state index is 11.5. The van der Waals surface area contributed by atoms with Crippen molar-refractivity contribution in [3.8, 4) is 17.2 Å². The number of benzene rings is 1. The molecule has 1 aromatic heterocycles. The Bertz CT molecular complexity index is 866. The Morgan fingerprint density at radius 3 is 2.62 bits per heavy atom. The van der Waals surface area contributed by atoms with Gasteiger partial charge in [0.1, 0.15) is 11.8 Å². The lowest BCUT2D eigenvalue weighted by Gasteiger charge is -2.04. The molecule has 120 valence electrons. The van der Waals surface area contributed by atoms with E-state index in [1.165, 1.54) is 10.8 Å². The first-order chi connectivity index (χ1) is 11.6. The number of hydrogen-bond donors (Lipinski definition) is 1. The van der Waals surface area contributed by atoms with E-state index in [2.05, 4.69) is 9.98 Å². The summed E-state index contributed by atoms with van der Waals surface area (Å²) in [6.07, 6.45) is 8.17. The number of carboxylic acid groups (broad SMARTS) is 1. The minimum atomic E-state index is -1.07. The molecule has 0 radical (unpaired) electrons. The van der Waals surface area contributed by atoms with Crippen LogP contribution in [-0.2, 0) is 7.05 Å². The van der Waals surface area contributed by atoms with Crippen molar-refractivity contribution in [3.05, 3.63) is 59.6 Å². The fourth-order valence-electron chi connectivity index (χ4n) is 2.30. The Kier molecular flexibility index (Phi) is 5.42. The molecular formula is C18H16N4O2. The molecule has 0 spiro atoms. The summed E-state index contributed by atoms with van der Waals surface area (Å²) in [6.45, 7) is 0.